The molecule has 0 heterocycles. The number of aryl methyl sites for hydroxylation is 1. The number of ether oxygens (including phenoxy) is 1. The molecule has 0 saturated heterocycles. The van der Waals surface area contributed by atoms with Crippen LogP contribution in [0.1, 0.15) is 25.3 Å². The van der Waals surface area contributed by atoms with Gasteiger partial charge in [-0.3, -0.25) is 0 Å². The second-order valence-electron chi connectivity index (χ2n) is 12.7. The molecule has 0 fully saturated rings. The van der Waals surface area contributed by atoms with Crippen molar-refractivity contribution in [1.29, 1.82) is 0 Å². The third-order valence-electron chi connectivity index (χ3n) is 5.26. The molecule has 0 bridgehead atoms. The lowest BCUT2D eigenvalue weighted by Gasteiger charge is -2.44. The fraction of sp³-hybridized carbons (Fsp3) is 0.654. The summed E-state index contributed by atoms with van der Waals surface area (Å²) in [5, 5.41) is 0. The fourth-order valence-corrected chi connectivity index (χ4v) is 28.3. The first kappa shape index (κ1) is 34.4. The molecule has 0 amide bonds. The molecule has 6 nitrogen and oxygen atoms in total. The number of benzene rings is 1. The monoisotopic (exact) mass is 600 g/mol. The predicted molar refractivity (Wildman–Crippen MR) is 167 cm³/mol. The van der Waals surface area contributed by atoms with Gasteiger partial charge in [0.15, 0.2) is 16.6 Å². The van der Waals surface area contributed by atoms with Crippen LogP contribution in [0.5, 0.6) is 0 Å². The van der Waals surface area contributed by atoms with Crippen molar-refractivity contribution in [3.05, 3.63) is 48.0 Å². The Balaban J connectivity index is 3.12. The van der Waals surface area contributed by atoms with Crippen molar-refractivity contribution < 1.29 is 26.0 Å². The average molecular weight is 601 g/mol. The Morgan fingerprint density at radius 3 is 1.76 bits per heavy atom. The summed E-state index contributed by atoms with van der Waals surface area (Å²) in [4.78, 5) is 11.8. The summed E-state index contributed by atoms with van der Waals surface area (Å²) in [7, 11) is -11.4. The van der Waals surface area contributed by atoms with Gasteiger partial charge in [0.25, 0.3) is 0 Å². The molecule has 0 aliphatic carbocycles. The molecule has 212 valence electrons. The van der Waals surface area contributed by atoms with Crippen molar-refractivity contribution in [2.75, 3.05) is 6.61 Å². The molecule has 11 heteroatoms. The van der Waals surface area contributed by atoms with Gasteiger partial charge in [-0.1, -0.05) is 36.9 Å². The summed E-state index contributed by atoms with van der Waals surface area (Å²) in [6.45, 7) is 27.5. The van der Waals surface area contributed by atoms with Crippen molar-refractivity contribution in [3.8, 4) is 0 Å². The van der Waals surface area contributed by atoms with Crippen LogP contribution in [0.25, 0.3) is 0 Å². The zero-order valence-electron chi connectivity index (χ0n) is 25.3. The predicted octanol–water partition coefficient (Wildman–Crippen LogP) is 7.71. The Morgan fingerprint density at radius 2 is 1.24 bits per heavy atom. The molecule has 0 aromatic heterocycles. The van der Waals surface area contributed by atoms with Crippen molar-refractivity contribution in [2.45, 2.75) is 104 Å². The first-order chi connectivity index (χ1) is 16.7. The highest BCUT2D eigenvalue weighted by Gasteiger charge is 2.48. The highest BCUT2D eigenvalue weighted by Crippen LogP contribution is 2.32. The maximum absolute atomic E-state index is 11.8. The van der Waals surface area contributed by atoms with Gasteiger partial charge in [-0.15, -0.1) is 0 Å². The minimum absolute atomic E-state index is 0.332. The van der Waals surface area contributed by atoms with Gasteiger partial charge in [-0.05, 0) is 109 Å². The highest BCUT2D eigenvalue weighted by molar-refractivity contribution is 6.90. The van der Waals surface area contributed by atoms with Gasteiger partial charge in [-0.25, -0.2) is 4.79 Å². The Labute approximate surface area is 232 Å². The zero-order chi connectivity index (χ0) is 28.5. The number of hydrogen-bond acceptors (Lipinski definition) is 6. The first-order valence-corrected chi connectivity index (χ1v) is 28.1. The summed E-state index contributed by atoms with van der Waals surface area (Å²) in [6.07, 6.45) is 2.65. The fourth-order valence-electron chi connectivity index (χ4n) is 4.57. The van der Waals surface area contributed by atoms with E-state index >= 15 is 0 Å². The van der Waals surface area contributed by atoms with E-state index in [-0.39, 0.29) is 5.97 Å². The topological polar surface area (TPSA) is 63.2 Å². The maximum Gasteiger partial charge on any atom is 0.333 e. The Hall–Kier alpha value is -0.646. The largest absolute Gasteiger partial charge is 0.462 e. The molecule has 2 atom stereocenters. The van der Waals surface area contributed by atoms with Crippen LogP contribution in [0.3, 0.4) is 0 Å². The quantitative estimate of drug-likeness (QED) is 0.0790. The van der Waals surface area contributed by atoms with Gasteiger partial charge in [-0.2, -0.15) is 0 Å². The number of hydrogen-bond donors (Lipinski definition) is 0. The standard InChI is InChI=1S/C26H52O6Si5/c1-24(2)26(27)28-21-17-23-36(11,30-34(6,7)8)32-37(12,31-35(9,10)29-33(3,4)5)22-16-20-25-18-14-13-15-19-25/h13-15,18-19H,1,16-17,20-23H2,2-12H3. The van der Waals surface area contributed by atoms with Crippen LogP contribution >= 0.6 is 0 Å². The van der Waals surface area contributed by atoms with E-state index in [1.165, 1.54) is 5.56 Å². The zero-order valence-corrected chi connectivity index (χ0v) is 30.3. The van der Waals surface area contributed by atoms with Crippen LogP contribution in [-0.2, 0) is 32.4 Å². The molecule has 1 aromatic rings. The van der Waals surface area contributed by atoms with Crippen molar-refractivity contribution in [1.82, 2.24) is 0 Å². The van der Waals surface area contributed by atoms with E-state index in [9.17, 15) is 4.79 Å². The van der Waals surface area contributed by atoms with Gasteiger partial charge in [0, 0.05) is 5.57 Å². The van der Waals surface area contributed by atoms with Crippen LogP contribution in [0.4, 0.5) is 0 Å². The SMILES string of the molecule is C=C(C)C(=O)OCCC[Si](C)(O[Si](C)(C)C)O[Si](C)(CCCc1ccccc1)O[Si](C)(C)O[Si](C)(C)C. The molecule has 0 saturated carbocycles. The van der Waals surface area contributed by atoms with E-state index in [0.29, 0.717) is 18.6 Å². The van der Waals surface area contributed by atoms with Crippen molar-refractivity contribution in [3.63, 3.8) is 0 Å². The molecule has 0 aliphatic heterocycles. The molecular weight excluding hydrogens is 549 g/mol. The number of carbonyl (C=O) groups is 1. The molecular formula is C26H52O6Si5. The second kappa shape index (κ2) is 14.1. The average Bonchev–Trinajstić information content (AvgIpc) is 2.67. The van der Waals surface area contributed by atoms with E-state index in [2.05, 4.69) is 102 Å². The van der Waals surface area contributed by atoms with Gasteiger partial charge < -0.3 is 21.2 Å². The lowest BCUT2D eigenvalue weighted by Crippen LogP contribution is -2.60. The number of esters is 1. The minimum Gasteiger partial charge on any atom is -0.462 e. The van der Waals surface area contributed by atoms with Crippen LogP contribution in [0.15, 0.2) is 42.5 Å². The molecule has 37 heavy (non-hydrogen) atoms. The van der Waals surface area contributed by atoms with Crippen molar-refractivity contribution in [2.24, 2.45) is 0 Å². The lowest BCUT2D eigenvalue weighted by atomic mass is 10.1. The molecule has 1 aromatic carbocycles. The Kier molecular flexibility index (Phi) is 13.1. The van der Waals surface area contributed by atoms with Gasteiger partial charge in [0.05, 0.1) is 6.61 Å². The smallest absolute Gasteiger partial charge is 0.333 e. The van der Waals surface area contributed by atoms with E-state index in [1.807, 2.05) is 0 Å². The first-order valence-electron chi connectivity index (χ1n) is 13.4. The van der Waals surface area contributed by atoms with Crippen LogP contribution in [0, 0.1) is 0 Å². The summed E-state index contributed by atoms with van der Waals surface area (Å²) in [6, 6.07) is 12.2. The van der Waals surface area contributed by atoms with E-state index in [1.54, 1.807) is 6.92 Å². The van der Waals surface area contributed by atoms with Crippen LogP contribution in [0.2, 0.25) is 77.6 Å². The van der Waals surface area contributed by atoms with E-state index < -0.39 is 42.3 Å². The molecule has 0 aliphatic rings. The van der Waals surface area contributed by atoms with Crippen molar-refractivity contribution >= 4 is 48.3 Å². The third-order valence-corrected chi connectivity index (χ3v) is 23.5. The number of carbonyl (C=O) groups excluding carboxylic acids is 1. The molecule has 1 rings (SSSR count). The molecule has 2 unspecified atom stereocenters. The van der Waals surface area contributed by atoms with E-state index in [4.69, 9.17) is 21.2 Å². The van der Waals surface area contributed by atoms with Gasteiger partial charge >= 0.3 is 31.7 Å². The molecule has 0 radical (unpaired) electrons. The summed E-state index contributed by atoms with van der Waals surface area (Å²) < 4.78 is 32.8. The third kappa shape index (κ3) is 15.5. The van der Waals surface area contributed by atoms with Gasteiger partial charge in [0.2, 0.25) is 0 Å². The Bertz CT molecular complexity index is 868. The van der Waals surface area contributed by atoms with Crippen LogP contribution in [-0.4, -0.2) is 54.9 Å². The second-order valence-corrected chi connectivity index (χ2v) is 32.7. The molecule has 0 N–H and O–H groups in total. The maximum atomic E-state index is 11.8. The highest BCUT2D eigenvalue weighted by atomic mass is 28.5. The van der Waals surface area contributed by atoms with Gasteiger partial charge in [0.1, 0.15) is 0 Å². The summed E-state index contributed by atoms with van der Waals surface area (Å²) in [5.41, 5.74) is 1.74. The summed E-state index contributed by atoms with van der Waals surface area (Å²) in [5.74, 6) is -0.352. The Morgan fingerprint density at radius 1 is 0.730 bits per heavy atom. The molecule has 0 spiro atoms. The van der Waals surface area contributed by atoms with E-state index in [0.717, 1.165) is 24.9 Å². The van der Waals surface area contributed by atoms with Crippen LogP contribution < -0.4 is 0 Å². The lowest BCUT2D eigenvalue weighted by molar-refractivity contribution is -0.138. The number of rotatable bonds is 17. The summed E-state index contributed by atoms with van der Waals surface area (Å²) >= 11 is 0. The minimum atomic E-state index is -2.68. The normalized spacial score (nSPS) is 16.1.